The van der Waals surface area contributed by atoms with Crippen molar-refractivity contribution in [2.75, 3.05) is 13.6 Å². The second-order valence-electron chi connectivity index (χ2n) is 6.72. The van der Waals surface area contributed by atoms with Gasteiger partial charge in [0.1, 0.15) is 11.5 Å². The fraction of sp³-hybridized carbons (Fsp3) is 0.500. The summed E-state index contributed by atoms with van der Waals surface area (Å²) in [7, 11) is 1.74. The molecule has 2 aromatic heterocycles. The largest absolute Gasteiger partial charge is 0.465 e. The molecule has 2 aromatic rings. The highest BCUT2D eigenvalue weighted by Crippen LogP contribution is 2.31. The van der Waals surface area contributed by atoms with E-state index in [2.05, 4.69) is 10.3 Å². The summed E-state index contributed by atoms with van der Waals surface area (Å²) in [6, 6.07) is 1.63. The van der Waals surface area contributed by atoms with Gasteiger partial charge in [0.05, 0.1) is 30.9 Å². The van der Waals surface area contributed by atoms with Gasteiger partial charge < -0.3 is 19.4 Å². The first-order chi connectivity index (χ1) is 12.0. The van der Waals surface area contributed by atoms with E-state index in [4.69, 9.17) is 4.52 Å². The summed E-state index contributed by atoms with van der Waals surface area (Å²) in [5, 5.41) is 17.8. The van der Waals surface area contributed by atoms with E-state index in [1.807, 2.05) is 6.92 Å². The van der Waals surface area contributed by atoms with E-state index in [1.165, 1.54) is 4.90 Å². The van der Waals surface area contributed by atoms with Crippen molar-refractivity contribution >= 4 is 12.0 Å². The zero-order valence-electron chi connectivity index (χ0n) is 14.0. The molecule has 0 bridgehead atoms. The smallest absolute Gasteiger partial charge is 0.407 e. The first-order valence-electron chi connectivity index (χ1n) is 8.20. The fourth-order valence-corrected chi connectivity index (χ4v) is 3.70. The quantitative estimate of drug-likeness (QED) is 0.832. The average Bonchev–Trinajstić information content (AvgIpc) is 3.17. The molecule has 2 aliphatic rings. The van der Waals surface area contributed by atoms with Crippen LogP contribution in [-0.2, 0) is 19.5 Å². The highest BCUT2D eigenvalue weighted by molar-refractivity contribution is 5.94. The number of fused-ring (bicyclic) bond motifs is 3. The van der Waals surface area contributed by atoms with Gasteiger partial charge in [0.15, 0.2) is 0 Å². The Balaban J connectivity index is 1.77. The van der Waals surface area contributed by atoms with Crippen molar-refractivity contribution in [3.05, 3.63) is 35.0 Å². The van der Waals surface area contributed by atoms with Gasteiger partial charge in [-0.2, -0.15) is 5.10 Å². The summed E-state index contributed by atoms with van der Waals surface area (Å²) in [6.07, 6.45) is 1.11. The number of hydrogen-bond donors (Lipinski definition) is 1. The zero-order valence-corrected chi connectivity index (χ0v) is 14.0. The Labute approximate surface area is 143 Å². The molecule has 0 spiro atoms. The lowest BCUT2D eigenvalue weighted by Gasteiger charge is -2.30. The average molecular weight is 345 g/mol. The summed E-state index contributed by atoms with van der Waals surface area (Å²) >= 11 is 0. The third kappa shape index (κ3) is 2.46. The van der Waals surface area contributed by atoms with Crippen molar-refractivity contribution in [3.8, 4) is 0 Å². The minimum Gasteiger partial charge on any atom is -0.465 e. The molecule has 2 aliphatic heterocycles. The number of likely N-dealkylation sites (N-methyl/N-ethyl adjacent to an activating group) is 1. The van der Waals surface area contributed by atoms with Crippen LogP contribution in [-0.4, -0.2) is 61.5 Å². The van der Waals surface area contributed by atoms with Crippen LogP contribution in [0.4, 0.5) is 4.79 Å². The van der Waals surface area contributed by atoms with Crippen LogP contribution in [0.3, 0.4) is 0 Å². The summed E-state index contributed by atoms with van der Waals surface area (Å²) in [5.41, 5.74) is 2.01. The molecule has 4 rings (SSSR count). The van der Waals surface area contributed by atoms with Crippen LogP contribution in [0.1, 0.15) is 40.3 Å². The van der Waals surface area contributed by atoms with Crippen LogP contribution >= 0.6 is 0 Å². The molecule has 132 valence electrons. The molecule has 0 aliphatic carbocycles. The maximum atomic E-state index is 12.9. The number of amides is 2. The van der Waals surface area contributed by atoms with Gasteiger partial charge >= 0.3 is 6.09 Å². The molecule has 0 saturated carbocycles. The summed E-state index contributed by atoms with van der Waals surface area (Å²) in [6.45, 7) is 3.03. The molecule has 2 atom stereocenters. The first kappa shape index (κ1) is 15.7. The van der Waals surface area contributed by atoms with Gasteiger partial charge in [0.2, 0.25) is 0 Å². The SMILES string of the molecule is C[C@@H]1Cc2nn3c(c2CN1C(=O)O)C(=O)N(C)CC(c1ccno1)C3. The predicted molar refractivity (Wildman–Crippen MR) is 85.2 cm³/mol. The summed E-state index contributed by atoms with van der Waals surface area (Å²) in [4.78, 5) is 27.4. The number of aromatic nitrogens is 3. The molecule has 0 saturated heterocycles. The van der Waals surface area contributed by atoms with E-state index >= 15 is 0 Å². The van der Waals surface area contributed by atoms with Crippen LogP contribution in [0.2, 0.25) is 0 Å². The van der Waals surface area contributed by atoms with E-state index in [0.717, 1.165) is 11.3 Å². The van der Waals surface area contributed by atoms with Gasteiger partial charge in [0, 0.05) is 37.7 Å². The van der Waals surface area contributed by atoms with Gasteiger partial charge in [-0.25, -0.2) is 4.79 Å². The van der Waals surface area contributed by atoms with Gasteiger partial charge in [-0.15, -0.1) is 0 Å². The third-order valence-corrected chi connectivity index (χ3v) is 5.03. The normalized spacial score (nSPS) is 23.2. The van der Waals surface area contributed by atoms with Crippen molar-refractivity contribution in [3.63, 3.8) is 0 Å². The van der Waals surface area contributed by atoms with E-state index in [9.17, 15) is 14.7 Å². The zero-order chi connectivity index (χ0) is 17.7. The van der Waals surface area contributed by atoms with E-state index in [0.29, 0.717) is 31.0 Å². The van der Waals surface area contributed by atoms with Gasteiger partial charge in [-0.3, -0.25) is 9.48 Å². The molecule has 2 amide bonds. The summed E-state index contributed by atoms with van der Waals surface area (Å²) in [5.74, 6) is 0.518. The maximum absolute atomic E-state index is 12.9. The monoisotopic (exact) mass is 345 g/mol. The number of rotatable bonds is 1. The Morgan fingerprint density at radius 3 is 2.88 bits per heavy atom. The van der Waals surface area contributed by atoms with E-state index < -0.39 is 6.09 Å². The molecule has 9 heteroatoms. The van der Waals surface area contributed by atoms with Crippen molar-refractivity contribution < 1.29 is 19.2 Å². The van der Waals surface area contributed by atoms with E-state index in [-0.39, 0.29) is 24.4 Å². The van der Waals surface area contributed by atoms with Gasteiger partial charge in [-0.1, -0.05) is 5.16 Å². The van der Waals surface area contributed by atoms with Crippen molar-refractivity contribution in [1.82, 2.24) is 24.7 Å². The molecule has 0 radical (unpaired) electrons. The van der Waals surface area contributed by atoms with Gasteiger partial charge in [0.25, 0.3) is 5.91 Å². The Bertz CT molecular complexity index is 828. The minimum absolute atomic E-state index is 0.0490. The van der Waals surface area contributed by atoms with Crippen LogP contribution in [0.25, 0.3) is 0 Å². The van der Waals surface area contributed by atoms with E-state index in [1.54, 1.807) is 28.9 Å². The highest BCUT2D eigenvalue weighted by Gasteiger charge is 2.37. The maximum Gasteiger partial charge on any atom is 0.407 e. The second kappa shape index (κ2) is 5.61. The second-order valence-corrected chi connectivity index (χ2v) is 6.72. The van der Waals surface area contributed by atoms with Crippen molar-refractivity contribution in [2.24, 2.45) is 0 Å². The number of nitrogens with zero attached hydrogens (tertiary/aromatic N) is 5. The van der Waals surface area contributed by atoms with Gasteiger partial charge in [-0.05, 0) is 6.92 Å². The molecule has 1 N–H and O–H groups in total. The predicted octanol–water partition coefficient (Wildman–Crippen LogP) is 1.17. The third-order valence-electron chi connectivity index (χ3n) is 5.03. The highest BCUT2D eigenvalue weighted by atomic mass is 16.5. The molecule has 0 fully saturated rings. The molecule has 4 heterocycles. The molecule has 9 nitrogen and oxygen atoms in total. The Kier molecular flexibility index (Phi) is 3.52. The number of carbonyl (C=O) groups is 2. The van der Waals surface area contributed by atoms with Crippen molar-refractivity contribution in [2.45, 2.75) is 38.4 Å². The number of carboxylic acid groups (broad SMARTS) is 1. The first-order valence-corrected chi connectivity index (χ1v) is 8.20. The minimum atomic E-state index is -0.980. The topological polar surface area (TPSA) is 105 Å². The Morgan fingerprint density at radius 2 is 2.20 bits per heavy atom. The number of carbonyl (C=O) groups excluding carboxylic acids is 1. The van der Waals surface area contributed by atoms with Crippen LogP contribution in [0, 0.1) is 0 Å². The molecule has 0 aromatic carbocycles. The fourth-order valence-electron chi connectivity index (χ4n) is 3.70. The molecular formula is C16H19N5O4. The molecular weight excluding hydrogens is 326 g/mol. The lowest BCUT2D eigenvalue weighted by Crippen LogP contribution is -2.42. The van der Waals surface area contributed by atoms with Crippen molar-refractivity contribution in [1.29, 1.82) is 0 Å². The lowest BCUT2D eigenvalue weighted by atomic mass is 10.00. The lowest BCUT2D eigenvalue weighted by molar-refractivity contribution is 0.0782. The number of hydrogen-bond acceptors (Lipinski definition) is 5. The summed E-state index contributed by atoms with van der Waals surface area (Å²) < 4.78 is 6.99. The Hall–Kier alpha value is -2.84. The Morgan fingerprint density at radius 1 is 1.40 bits per heavy atom. The molecule has 1 unspecified atom stereocenters. The van der Waals surface area contributed by atoms with Crippen LogP contribution < -0.4 is 0 Å². The standard InChI is InChI=1S/C16H19N5O4/c1-9-5-12-11(8-20(9)16(23)24)14-15(22)19(2)6-10(7-21(14)18-12)13-3-4-17-25-13/h3-4,9-10H,5-8H2,1-2H3,(H,23,24)/t9-,10?/m1/s1. The van der Waals surface area contributed by atoms with Crippen LogP contribution in [0.5, 0.6) is 0 Å². The molecule has 25 heavy (non-hydrogen) atoms. The van der Waals surface area contributed by atoms with Crippen LogP contribution in [0.15, 0.2) is 16.8 Å².